The molecule has 0 saturated heterocycles. The Morgan fingerprint density at radius 2 is 1.93 bits per heavy atom. The zero-order valence-corrected chi connectivity index (χ0v) is 16.8. The highest BCUT2D eigenvalue weighted by Gasteiger charge is 2.37. The molecular weight excluding hydrogens is 346 g/mol. The number of methoxy groups -OCH3 is 2. The van der Waals surface area contributed by atoms with Gasteiger partial charge in [-0.05, 0) is 31.9 Å². The van der Waals surface area contributed by atoms with Crippen molar-refractivity contribution < 1.29 is 23.8 Å². The number of rotatable bonds is 7. The molecule has 0 saturated carbocycles. The summed E-state index contributed by atoms with van der Waals surface area (Å²) in [5, 5.41) is 0. The molecule has 1 aromatic carbocycles. The Kier molecular flexibility index (Phi) is 6.66. The predicted molar refractivity (Wildman–Crippen MR) is 103 cm³/mol. The fraction of sp³-hybridized carbons (Fsp3) is 0.429. The molecule has 0 aliphatic carbocycles. The lowest BCUT2D eigenvalue weighted by Gasteiger charge is -2.20. The van der Waals surface area contributed by atoms with Crippen LogP contribution in [0.4, 0.5) is 0 Å². The molecule has 0 fully saturated rings. The highest BCUT2D eigenvalue weighted by Crippen LogP contribution is 2.36. The van der Waals surface area contributed by atoms with E-state index in [1.165, 1.54) is 7.11 Å². The maximum Gasteiger partial charge on any atom is 0.340 e. The molecule has 0 aromatic heterocycles. The second kappa shape index (κ2) is 8.75. The van der Waals surface area contributed by atoms with Crippen molar-refractivity contribution in [3.8, 4) is 11.5 Å². The van der Waals surface area contributed by atoms with Crippen molar-refractivity contribution in [1.82, 2.24) is 4.90 Å². The zero-order chi connectivity index (χ0) is 20.1. The Morgan fingerprint density at radius 1 is 1.22 bits per heavy atom. The molecule has 1 amide bonds. The average molecular weight is 373 g/mol. The highest BCUT2D eigenvalue weighted by molar-refractivity contribution is 6.16. The minimum atomic E-state index is -0.497. The van der Waals surface area contributed by atoms with Crippen molar-refractivity contribution in [2.45, 2.75) is 27.7 Å². The van der Waals surface area contributed by atoms with Crippen molar-refractivity contribution in [3.63, 3.8) is 0 Å². The maximum absolute atomic E-state index is 13.1. The number of carbonyl (C=O) groups is 2. The number of nitrogens with zero attached hydrogens (tertiary/aromatic N) is 1. The fourth-order valence-corrected chi connectivity index (χ4v) is 3.10. The van der Waals surface area contributed by atoms with Crippen LogP contribution in [0.25, 0.3) is 6.08 Å². The fourth-order valence-electron chi connectivity index (χ4n) is 3.10. The number of esters is 1. The lowest BCUT2D eigenvalue weighted by atomic mass is 10.0. The summed E-state index contributed by atoms with van der Waals surface area (Å²) < 4.78 is 16.0. The third-order valence-corrected chi connectivity index (χ3v) is 4.27. The van der Waals surface area contributed by atoms with Crippen LogP contribution in [0.3, 0.4) is 0 Å². The number of allylic oxidation sites excluding steroid dienone is 1. The van der Waals surface area contributed by atoms with Gasteiger partial charge in [0.15, 0.2) is 11.5 Å². The van der Waals surface area contributed by atoms with Gasteiger partial charge in [0.1, 0.15) is 0 Å². The van der Waals surface area contributed by atoms with E-state index >= 15 is 0 Å². The Bertz CT molecular complexity index is 792. The van der Waals surface area contributed by atoms with Crippen LogP contribution in [0.5, 0.6) is 11.5 Å². The lowest BCUT2D eigenvalue weighted by molar-refractivity contribution is -0.138. The Balaban J connectivity index is 2.61. The molecule has 1 aromatic rings. The molecule has 27 heavy (non-hydrogen) atoms. The average Bonchev–Trinajstić information content (AvgIpc) is 2.85. The molecule has 1 aliphatic rings. The molecule has 146 valence electrons. The lowest BCUT2D eigenvalue weighted by Crippen LogP contribution is -2.28. The summed E-state index contributed by atoms with van der Waals surface area (Å²) >= 11 is 0. The van der Waals surface area contributed by atoms with Crippen molar-refractivity contribution in [2.75, 3.05) is 27.4 Å². The van der Waals surface area contributed by atoms with E-state index in [0.29, 0.717) is 40.5 Å². The van der Waals surface area contributed by atoms with Crippen molar-refractivity contribution in [1.29, 1.82) is 0 Å². The van der Waals surface area contributed by atoms with Crippen LogP contribution in [0.15, 0.2) is 35.0 Å². The van der Waals surface area contributed by atoms with Crippen LogP contribution in [-0.4, -0.2) is 44.1 Å². The number of hydrogen-bond donors (Lipinski definition) is 0. The summed E-state index contributed by atoms with van der Waals surface area (Å²) in [6.45, 7) is 8.33. The molecule has 0 bridgehead atoms. The molecule has 0 radical (unpaired) electrons. The topological polar surface area (TPSA) is 65.1 Å². The van der Waals surface area contributed by atoms with E-state index in [1.54, 1.807) is 44.1 Å². The number of benzene rings is 1. The molecule has 0 atom stereocenters. The Labute approximate surface area is 160 Å². The monoisotopic (exact) mass is 373 g/mol. The highest BCUT2D eigenvalue weighted by atomic mass is 16.5. The summed E-state index contributed by atoms with van der Waals surface area (Å²) in [4.78, 5) is 27.3. The largest absolute Gasteiger partial charge is 0.493 e. The van der Waals surface area contributed by atoms with E-state index in [1.807, 2.05) is 19.9 Å². The second-order valence-corrected chi connectivity index (χ2v) is 6.63. The third-order valence-electron chi connectivity index (χ3n) is 4.27. The Hall–Kier alpha value is -2.76. The molecular formula is C21H27NO5. The minimum absolute atomic E-state index is 0.214. The van der Waals surface area contributed by atoms with Crippen LogP contribution < -0.4 is 9.47 Å². The van der Waals surface area contributed by atoms with Gasteiger partial charge in [-0.2, -0.15) is 0 Å². The van der Waals surface area contributed by atoms with Gasteiger partial charge in [0.2, 0.25) is 0 Å². The first-order valence-corrected chi connectivity index (χ1v) is 8.98. The van der Waals surface area contributed by atoms with Gasteiger partial charge < -0.3 is 19.1 Å². The summed E-state index contributed by atoms with van der Waals surface area (Å²) in [7, 11) is 3.09. The number of carbonyl (C=O) groups excluding carboxylic acids is 2. The molecule has 1 heterocycles. The van der Waals surface area contributed by atoms with Crippen LogP contribution in [0, 0.1) is 5.92 Å². The van der Waals surface area contributed by atoms with Crippen molar-refractivity contribution >= 4 is 18.0 Å². The van der Waals surface area contributed by atoms with Gasteiger partial charge in [-0.3, -0.25) is 4.79 Å². The zero-order valence-electron chi connectivity index (χ0n) is 16.8. The van der Waals surface area contributed by atoms with Gasteiger partial charge in [0, 0.05) is 17.8 Å². The number of hydrogen-bond acceptors (Lipinski definition) is 5. The Morgan fingerprint density at radius 3 is 2.48 bits per heavy atom. The predicted octanol–water partition coefficient (Wildman–Crippen LogP) is 3.42. The van der Waals surface area contributed by atoms with E-state index < -0.39 is 5.97 Å². The van der Waals surface area contributed by atoms with Gasteiger partial charge in [0.05, 0.1) is 32.0 Å². The van der Waals surface area contributed by atoms with Crippen molar-refractivity contribution in [2.24, 2.45) is 5.92 Å². The van der Waals surface area contributed by atoms with E-state index in [0.717, 1.165) is 0 Å². The van der Waals surface area contributed by atoms with Crippen LogP contribution in [-0.2, 0) is 14.3 Å². The molecule has 6 nitrogen and oxygen atoms in total. The van der Waals surface area contributed by atoms with Crippen LogP contribution in [0.1, 0.15) is 33.3 Å². The summed E-state index contributed by atoms with van der Waals surface area (Å²) in [5.74, 6) is 0.605. The van der Waals surface area contributed by atoms with Gasteiger partial charge in [-0.1, -0.05) is 26.0 Å². The van der Waals surface area contributed by atoms with Crippen LogP contribution in [0.2, 0.25) is 0 Å². The third kappa shape index (κ3) is 4.15. The number of amides is 1. The summed E-state index contributed by atoms with van der Waals surface area (Å²) in [6, 6.07) is 5.39. The smallest absolute Gasteiger partial charge is 0.340 e. The molecule has 0 unspecified atom stereocenters. The normalized spacial score (nSPS) is 15.7. The first-order valence-electron chi connectivity index (χ1n) is 8.98. The van der Waals surface area contributed by atoms with Gasteiger partial charge >= 0.3 is 5.97 Å². The molecule has 2 rings (SSSR count). The summed E-state index contributed by atoms with van der Waals surface area (Å²) in [6.07, 6.45) is 1.67. The standard InChI is InChI=1S/C21H27NO5/c1-7-27-21(24)18-14(4)22(12-13(2)3)20(23)16(18)11-15-9-8-10-17(25-5)19(15)26-6/h8-11,13H,7,12H2,1-6H3/b16-11-. The minimum Gasteiger partial charge on any atom is -0.493 e. The van der Waals surface area contributed by atoms with E-state index in [-0.39, 0.29) is 18.4 Å². The molecule has 1 aliphatic heterocycles. The van der Waals surface area contributed by atoms with Crippen LogP contribution >= 0.6 is 0 Å². The molecule has 0 N–H and O–H groups in total. The van der Waals surface area contributed by atoms with Gasteiger partial charge in [0.25, 0.3) is 5.91 Å². The maximum atomic E-state index is 13.1. The van der Waals surface area contributed by atoms with E-state index in [2.05, 4.69) is 0 Å². The van der Waals surface area contributed by atoms with Gasteiger partial charge in [-0.25, -0.2) is 4.79 Å². The van der Waals surface area contributed by atoms with E-state index in [4.69, 9.17) is 14.2 Å². The number of para-hydroxylation sites is 1. The first-order chi connectivity index (χ1) is 12.8. The van der Waals surface area contributed by atoms with Crippen molar-refractivity contribution in [3.05, 3.63) is 40.6 Å². The number of ether oxygens (including phenoxy) is 3. The van der Waals surface area contributed by atoms with E-state index in [9.17, 15) is 9.59 Å². The van der Waals surface area contributed by atoms with Gasteiger partial charge in [-0.15, -0.1) is 0 Å². The first kappa shape index (κ1) is 20.6. The second-order valence-electron chi connectivity index (χ2n) is 6.63. The molecule has 6 heteroatoms. The quantitative estimate of drug-likeness (QED) is 0.541. The SMILES string of the molecule is CCOC(=O)C1=C(C)N(CC(C)C)C(=O)/C1=C\c1cccc(OC)c1OC. The summed E-state index contributed by atoms with van der Waals surface area (Å²) in [5.41, 5.74) is 1.87. The molecule has 0 spiro atoms.